The van der Waals surface area contributed by atoms with Crippen LogP contribution in [0.1, 0.15) is 6.92 Å². The average Bonchev–Trinajstić information content (AvgIpc) is 2.13. The molecule has 1 aliphatic rings. The minimum Gasteiger partial charge on any atom is -0.340 e. The van der Waals surface area contributed by atoms with Crippen molar-refractivity contribution in [3.63, 3.8) is 0 Å². The summed E-state index contributed by atoms with van der Waals surface area (Å²) >= 11 is 4.92. The van der Waals surface area contributed by atoms with Crippen LogP contribution in [0, 0.1) is 5.92 Å². The highest BCUT2D eigenvalue weighted by molar-refractivity contribution is 7.80. The summed E-state index contributed by atoms with van der Waals surface area (Å²) in [6.45, 7) is 1.68. The first kappa shape index (κ1) is 9.85. The molecule has 0 fully saturated rings. The molecule has 70 valence electrons. The fourth-order valence-corrected chi connectivity index (χ4v) is 1.15. The second-order valence-electron chi connectivity index (χ2n) is 2.70. The number of imide groups is 1. The van der Waals surface area contributed by atoms with Gasteiger partial charge in [-0.2, -0.15) is 0 Å². The number of carbonyl (C=O) groups excluding carboxylic acids is 2. The number of nitrogens with zero attached hydrogens (tertiary/aromatic N) is 1. The third-order valence-corrected chi connectivity index (χ3v) is 2.34. The summed E-state index contributed by atoms with van der Waals surface area (Å²) in [4.78, 5) is 24.2. The van der Waals surface area contributed by atoms with Gasteiger partial charge in [-0.1, -0.05) is 12.2 Å². The summed E-state index contributed by atoms with van der Waals surface area (Å²) in [7, 11) is 1.47. The molecule has 0 bridgehead atoms. The van der Waals surface area contributed by atoms with Crippen LogP contribution in [0.15, 0.2) is 12.3 Å². The zero-order valence-electron chi connectivity index (χ0n) is 7.40. The van der Waals surface area contributed by atoms with Gasteiger partial charge in [-0.3, -0.25) is 4.79 Å². The van der Waals surface area contributed by atoms with E-state index in [1.807, 2.05) is 0 Å². The Labute approximate surface area is 81.6 Å². The molecule has 0 aliphatic carbocycles. The molecule has 1 heterocycles. The molecule has 1 rings (SSSR count). The van der Waals surface area contributed by atoms with E-state index in [0.29, 0.717) is 4.86 Å². The number of amides is 3. The standard InChI is InChI=1S/C8H10N2O2S/c1-5-6(13)3-4-10(7(5)11)8(12)9-2/h3-5H,1-2H3,(H,9,12). The van der Waals surface area contributed by atoms with Crippen molar-refractivity contribution in [3.05, 3.63) is 12.3 Å². The molecule has 4 nitrogen and oxygen atoms in total. The van der Waals surface area contributed by atoms with E-state index >= 15 is 0 Å². The van der Waals surface area contributed by atoms with Crippen molar-refractivity contribution in [2.24, 2.45) is 5.92 Å². The minimum atomic E-state index is -0.435. The third kappa shape index (κ3) is 1.75. The molecule has 5 heteroatoms. The van der Waals surface area contributed by atoms with Gasteiger partial charge in [0.15, 0.2) is 0 Å². The maximum absolute atomic E-state index is 11.5. The van der Waals surface area contributed by atoms with Crippen molar-refractivity contribution in [2.75, 3.05) is 7.05 Å². The molecule has 0 saturated carbocycles. The monoisotopic (exact) mass is 198 g/mol. The van der Waals surface area contributed by atoms with E-state index in [1.54, 1.807) is 13.0 Å². The molecule has 0 radical (unpaired) electrons. The van der Waals surface area contributed by atoms with E-state index < -0.39 is 11.9 Å². The number of hydrogen-bond acceptors (Lipinski definition) is 3. The van der Waals surface area contributed by atoms with Gasteiger partial charge in [0.05, 0.1) is 5.92 Å². The average molecular weight is 198 g/mol. The Hall–Kier alpha value is -1.23. The van der Waals surface area contributed by atoms with Crippen molar-refractivity contribution in [1.29, 1.82) is 0 Å². The maximum Gasteiger partial charge on any atom is 0.328 e. The lowest BCUT2D eigenvalue weighted by Crippen LogP contribution is -2.44. The number of carbonyl (C=O) groups is 2. The highest BCUT2D eigenvalue weighted by Gasteiger charge is 2.28. The van der Waals surface area contributed by atoms with Crippen LogP contribution in [0.5, 0.6) is 0 Å². The van der Waals surface area contributed by atoms with E-state index in [4.69, 9.17) is 12.2 Å². The lowest BCUT2D eigenvalue weighted by molar-refractivity contribution is -0.128. The molecule has 3 amide bonds. The van der Waals surface area contributed by atoms with Crippen LogP contribution in [-0.2, 0) is 4.79 Å². The molecule has 13 heavy (non-hydrogen) atoms. The quantitative estimate of drug-likeness (QED) is 0.582. The van der Waals surface area contributed by atoms with E-state index in [0.717, 1.165) is 4.90 Å². The fourth-order valence-electron chi connectivity index (χ4n) is 0.984. The van der Waals surface area contributed by atoms with Gasteiger partial charge in [-0.05, 0) is 13.0 Å². The van der Waals surface area contributed by atoms with Crippen LogP contribution < -0.4 is 5.32 Å². The lowest BCUT2D eigenvalue weighted by atomic mass is 10.0. The normalized spacial score (nSPS) is 22.0. The second-order valence-corrected chi connectivity index (χ2v) is 3.17. The van der Waals surface area contributed by atoms with Gasteiger partial charge in [0.25, 0.3) is 0 Å². The number of allylic oxidation sites excluding steroid dienone is 1. The molecule has 1 aliphatic heterocycles. The SMILES string of the molecule is CNC(=O)N1C=CC(=S)C(C)C1=O. The Balaban J connectivity index is 2.91. The van der Waals surface area contributed by atoms with E-state index in [9.17, 15) is 9.59 Å². The molecule has 0 aromatic heterocycles. The molecule has 0 aromatic carbocycles. The van der Waals surface area contributed by atoms with Crippen LogP contribution in [0.4, 0.5) is 4.79 Å². The van der Waals surface area contributed by atoms with Crippen LogP contribution >= 0.6 is 12.2 Å². The highest BCUT2D eigenvalue weighted by Crippen LogP contribution is 2.13. The molecular formula is C8H10N2O2S. The summed E-state index contributed by atoms with van der Waals surface area (Å²) in [5.41, 5.74) is 0. The number of urea groups is 1. The summed E-state index contributed by atoms with van der Waals surface area (Å²) in [6.07, 6.45) is 2.99. The van der Waals surface area contributed by atoms with Gasteiger partial charge in [-0.15, -0.1) is 0 Å². The summed E-state index contributed by atoms with van der Waals surface area (Å²) < 4.78 is 0. The van der Waals surface area contributed by atoms with Crippen LogP contribution in [0.2, 0.25) is 0 Å². The Bertz CT molecular complexity index is 299. The van der Waals surface area contributed by atoms with Crippen molar-refractivity contribution >= 4 is 29.0 Å². The summed E-state index contributed by atoms with van der Waals surface area (Å²) in [5, 5.41) is 2.37. The van der Waals surface area contributed by atoms with Gasteiger partial charge in [0.2, 0.25) is 5.91 Å². The largest absolute Gasteiger partial charge is 0.340 e. The minimum absolute atomic E-state index is 0.285. The molecular weight excluding hydrogens is 188 g/mol. The number of nitrogens with one attached hydrogen (secondary N) is 1. The predicted octanol–water partition coefficient (Wildman–Crippen LogP) is 0.688. The molecule has 0 spiro atoms. The molecule has 0 aromatic rings. The Morgan fingerprint density at radius 3 is 2.85 bits per heavy atom. The van der Waals surface area contributed by atoms with Crippen LogP contribution in [0.25, 0.3) is 0 Å². The fraction of sp³-hybridized carbons (Fsp3) is 0.375. The predicted molar refractivity (Wildman–Crippen MR) is 52.2 cm³/mol. The van der Waals surface area contributed by atoms with Gasteiger partial charge in [-0.25, -0.2) is 9.69 Å². The maximum atomic E-state index is 11.5. The Morgan fingerprint density at radius 2 is 2.31 bits per heavy atom. The van der Waals surface area contributed by atoms with Gasteiger partial charge in [0, 0.05) is 18.1 Å². The number of rotatable bonds is 0. The summed E-state index contributed by atoms with van der Waals surface area (Å²) in [5.74, 6) is -0.677. The number of thiocarbonyl (C=S) groups is 1. The van der Waals surface area contributed by atoms with Gasteiger partial charge < -0.3 is 5.32 Å². The lowest BCUT2D eigenvalue weighted by Gasteiger charge is -2.23. The first-order valence-corrected chi connectivity index (χ1v) is 4.25. The number of hydrogen-bond donors (Lipinski definition) is 1. The Morgan fingerprint density at radius 1 is 1.69 bits per heavy atom. The molecule has 1 N–H and O–H groups in total. The zero-order chi connectivity index (χ0) is 10.0. The van der Waals surface area contributed by atoms with Crippen molar-refractivity contribution in [2.45, 2.75) is 6.92 Å². The first-order valence-electron chi connectivity index (χ1n) is 3.84. The van der Waals surface area contributed by atoms with Crippen LogP contribution in [-0.4, -0.2) is 28.8 Å². The van der Waals surface area contributed by atoms with E-state index in [2.05, 4.69) is 5.32 Å². The molecule has 1 atom stereocenters. The highest BCUT2D eigenvalue weighted by atomic mass is 32.1. The molecule has 0 saturated heterocycles. The van der Waals surface area contributed by atoms with E-state index in [-0.39, 0.29) is 5.91 Å². The van der Waals surface area contributed by atoms with E-state index in [1.165, 1.54) is 13.2 Å². The van der Waals surface area contributed by atoms with Crippen LogP contribution in [0.3, 0.4) is 0 Å². The smallest absolute Gasteiger partial charge is 0.328 e. The van der Waals surface area contributed by atoms with Crippen molar-refractivity contribution in [1.82, 2.24) is 10.2 Å². The second kappa shape index (κ2) is 3.66. The summed E-state index contributed by atoms with van der Waals surface area (Å²) in [6, 6.07) is -0.435. The topological polar surface area (TPSA) is 49.4 Å². The van der Waals surface area contributed by atoms with Gasteiger partial charge >= 0.3 is 6.03 Å². The third-order valence-electron chi connectivity index (χ3n) is 1.86. The Kier molecular flexibility index (Phi) is 2.77. The van der Waals surface area contributed by atoms with Crippen molar-refractivity contribution < 1.29 is 9.59 Å². The molecule has 1 unspecified atom stereocenters. The zero-order valence-corrected chi connectivity index (χ0v) is 8.22. The van der Waals surface area contributed by atoms with Crippen molar-refractivity contribution in [3.8, 4) is 0 Å². The van der Waals surface area contributed by atoms with Gasteiger partial charge in [0.1, 0.15) is 0 Å². The first-order chi connectivity index (χ1) is 6.07.